The van der Waals surface area contributed by atoms with E-state index in [-0.39, 0.29) is 0 Å². The lowest BCUT2D eigenvalue weighted by atomic mass is 10.0. The maximum Gasteiger partial charge on any atom is 0.0350 e. The molecular weight excluding hydrogens is 170 g/mol. The molecule has 1 N–H and O–H groups in total. The summed E-state index contributed by atoms with van der Waals surface area (Å²) in [6.07, 6.45) is 2.78. The normalized spacial score (nSPS) is 18.5. The lowest BCUT2D eigenvalue weighted by molar-refractivity contribution is 0.436. The molecule has 1 saturated carbocycles. The van der Waals surface area contributed by atoms with Gasteiger partial charge in [-0.2, -0.15) is 0 Å². The predicted molar refractivity (Wildman–Crippen MR) is 60.2 cm³/mol. The van der Waals surface area contributed by atoms with Gasteiger partial charge in [0.05, 0.1) is 0 Å². The van der Waals surface area contributed by atoms with E-state index in [2.05, 4.69) is 49.5 Å². The Morgan fingerprint density at radius 1 is 1.14 bits per heavy atom. The molecule has 1 nitrogen and oxygen atoms in total. The molecule has 0 spiro atoms. The summed E-state index contributed by atoms with van der Waals surface area (Å²) in [5.41, 5.74) is 1.45. The SMILES string of the molecule is CC(C)N[C@H](c1ccccc1)C1CC1. The maximum atomic E-state index is 3.66. The van der Waals surface area contributed by atoms with E-state index < -0.39 is 0 Å². The Morgan fingerprint density at radius 3 is 2.29 bits per heavy atom. The first-order valence-electron chi connectivity index (χ1n) is 5.58. The quantitative estimate of drug-likeness (QED) is 0.767. The van der Waals surface area contributed by atoms with Gasteiger partial charge in [0.1, 0.15) is 0 Å². The van der Waals surface area contributed by atoms with Gasteiger partial charge in [0.2, 0.25) is 0 Å². The summed E-state index contributed by atoms with van der Waals surface area (Å²) >= 11 is 0. The van der Waals surface area contributed by atoms with Crippen LogP contribution in [-0.4, -0.2) is 6.04 Å². The third-order valence-electron chi connectivity index (χ3n) is 2.76. The van der Waals surface area contributed by atoms with Crippen LogP contribution in [0, 0.1) is 5.92 Å². The first kappa shape index (κ1) is 9.72. The van der Waals surface area contributed by atoms with Crippen LogP contribution in [0.15, 0.2) is 30.3 Å². The molecule has 1 aromatic rings. The fraction of sp³-hybridized carbons (Fsp3) is 0.538. The van der Waals surface area contributed by atoms with Crippen LogP contribution in [0.4, 0.5) is 0 Å². The summed E-state index contributed by atoms with van der Waals surface area (Å²) in [5, 5.41) is 3.66. The van der Waals surface area contributed by atoms with Crippen molar-refractivity contribution in [2.75, 3.05) is 0 Å². The van der Waals surface area contributed by atoms with Crippen LogP contribution in [-0.2, 0) is 0 Å². The molecule has 0 saturated heterocycles. The Hall–Kier alpha value is -0.820. The average Bonchev–Trinajstić information content (AvgIpc) is 2.99. The van der Waals surface area contributed by atoms with Crippen molar-refractivity contribution in [3.8, 4) is 0 Å². The molecule has 1 aliphatic rings. The van der Waals surface area contributed by atoms with E-state index in [1.54, 1.807) is 0 Å². The van der Waals surface area contributed by atoms with Gasteiger partial charge >= 0.3 is 0 Å². The molecule has 1 fully saturated rings. The summed E-state index contributed by atoms with van der Waals surface area (Å²) < 4.78 is 0. The zero-order valence-corrected chi connectivity index (χ0v) is 9.03. The predicted octanol–water partition coefficient (Wildman–Crippen LogP) is 3.14. The standard InChI is InChI=1S/C13H19N/c1-10(2)14-13(12-8-9-12)11-6-4-3-5-7-11/h3-7,10,12-14H,8-9H2,1-2H3/t13-/m1/s1. The number of hydrogen-bond donors (Lipinski definition) is 1. The third-order valence-corrected chi connectivity index (χ3v) is 2.76. The van der Waals surface area contributed by atoms with E-state index in [0.717, 1.165) is 5.92 Å². The third kappa shape index (κ3) is 2.36. The lowest BCUT2D eigenvalue weighted by Crippen LogP contribution is -2.29. The van der Waals surface area contributed by atoms with Crippen LogP contribution in [0.2, 0.25) is 0 Å². The van der Waals surface area contributed by atoms with Crippen molar-refractivity contribution in [2.45, 2.75) is 38.8 Å². The van der Waals surface area contributed by atoms with E-state index in [1.165, 1.54) is 18.4 Å². The van der Waals surface area contributed by atoms with Gasteiger partial charge in [-0.1, -0.05) is 44.2 Å². The van der Waals surface area contributed by atoms with Gasteiger partial charge in [0.15, 0.2) is 0 Å². The smallest absolute Gasteiger partial charge is 0.0350 e. The molecule has 14 heavy (non-hydrogen) atoms. The molecule has 1 aliphatic carbocycles. The van der Waals surface area contributed by atoms with Crippen LogP contribution in [0.3, 0.4) is 0 Å². The van der Waals surface area contributed by atoms with Crippen molar-refractivity contribution in [3.63, 3.8) is 0 Å². The molecule has 0 amide bonds. The van der Waals surface area contributed by atoms with Crippen molar-refractivity contribution in [1.82, 2.24) is 5.32 Å². The van der Waals surface area contributed by atoms with Crippen molar-refractivity contribution in [3.05, 3.63) is 35.9 Å². The summed E-state index contributed by atoms with van der Waals surface area (Å²) in [6.45, 7) is 4.44. The molecule has 76 valence electrons. The molecule has 0 bridgehead atoms. The van der Waals surface area contributed by atoms with Gasteiger partial charge in [0, 0.05) is 12.1 Å². The summed E-state index contributed by atoms with van der Waals surface area (Å²) in [4.78, 5) is 0. The van der Waals surface area contributed by atoms with Gasteiger partial charge in [0.25, 0.3) is 0 Å². The fourth-order valence-corrected chi connectivity index (χ4v) is 1.95. The summed E-state index contributed by atoms with van der Waals surface area (Å²) in [5.74, 6) is 0.875. The number of hydrogen-bond acceptors (Lipinski definition) is 1. The van der Waals surface area contributed by atoms with Crippen LogP contribution in [0.1, 0.15) is 38.3 Å². The van der Waals surface area contributed by atoms with Gasteiger partial charge in [-0.25, -0.2) is 0 Å². The zero-order chi connectivity index (χ0) is 9.97. The molecule has 0 radical (unpaired) electrons. The molecule has 2 rings (SSSR count). The Kier molecular flexibility index (Phi) is 2.87. The van der Waals surface area contributed by atoms with E-state index in [1.807, 2.05) is 0 Å². The van der Waals surface area contributed by atoms with Crippen molar-refractivity contribution < 1.29 is 0 Å². The Labute approximate surface area is 86.5 Å². The molecule has 0 unspecified atom stereocenters. The Bertz CT molecular complexity index is 275. The highest BCUT2D eigenvalue weighted by Gasteiger charge is 2.32. The van der Waals surface area contributed by atoms with E-state index >= 15 is 0 Å². The van der Waals surface area contributed by atoms with Gasteiger partial charge in [-0.3, -0.25) is 0 Å². The van der Waals surface area contributed by atoms with Gasteiger partial charge in [-0.15, -0.1) is 0 Å². The number of benzene rings is 1. The largest absolute Gasteiger partial charge is 0.307 e. The van der Waals surface area contributed by atoms with E-state index in [0.29, 0.717) is 12.1 Å². The van der Waals surface area contributed by atoms with E-state index in [4.69, 9.17) is 0 Å². The van der Waals surface area contributed by atoms with Crippen LogP contribution in [0.25, 0.3) is 0 Å². The van der Waals surface area contributed by atoms with Crippen LogP contribution >= 0.6 is 0 Å². The minimum Gasteiger partial charge on any atom is -0.307 e. The van der Waals surface area contributed by atoms with Crippen molar-refractivity contribution >= 4 is 0 Å². The van der Waals surface area contributed by atoms with Crippen molar-refractivity contribution in [2.24, 2.45) is 5.92 Å². The highest BCUT2D eigenvalue weighted by atomic mass is 15.0. The molecule has 0 heterocycles. The molecule has 0 aliphatic heterocycles. The number of rotatable bonds is 4. The molecule has 1 heteroatoms. The van der Waals surface area contributed by atoms with Crippen LogP contribution < -0.4 is 5.32 Å². The average molecular weight is 189 g/mol. The van der Waals surface area contributed by atoms with Crippen LogP contribution in [0.5, 0.6) is 0 Å². The first-order chi connectivity index (χ1) is 6.77. The first-order valence-corrected chi connectivity index (χ1v) is 5.58. The Balaban J connectivity index is 2.10. The highest BCUT2D eigenvalue weighted by molar-refractivity contribution is 5.21. The maximum absolute atomic E-state index is 3.66. The second-order valence-electron chi connectivity index (χ2n) is 4.55. The monoisotopic (exact) mass is 189 g/mol. The molecular formula is C13H19N. The minimum absolute atomic E-state index is 0.570. The molecule has 1 atom stereocenters. The molecule has 0 aromatic heterocycles. The highest BCUT2D eigenvalue weighted by Crippen LogP contribution is 2.41. The van der Waals surface area contributed by atoms with Gasteiger partial charge in [-0.05, 0) is 24.3 Å². The second-order valence-corrected chi connectivity index (χ2v) is 4.55. The fourth-order valence-electron chi connectivity index (χ4n) is 1.95. The van der Waals surface area contributed by atoms with Crippen molar-refractivity contribution in [1.29, 1.82) is 0 Å². The van der Waals surface area contributed by atoms with E-state index in [9.17, 15) is 0 Å². The molecule has 1 aromatic carbocycles. The van der Waals surface area contributed by atoms with Gasteiger partial charge < -0.3 is 5.32 Å². The number of nitrogens with one attached hydrogen (secondary N) is 1. The zero-order valence-electron chi connectivity index (χ0n) is 9.03. The topological polar surface area (TPSA) is 12.0 Å². The second kappa shape index (κ2) is 4.14. The summed E-state index contributed by atoms with van der Waals surface area (Å²) in [7, 11) is 0. The Morgan fingerprint density at radius 2 is 1.79 bits per heavy atom. The lowest BCUT2D eigenvalue weighted by Gasteiger charge is -2.21. The minimum atomic E-state index is 0.570. The summed E-state index contributed by atoms with van der Waals surface area (Å²) in [6, 6.07) is 12.0.